The molecule has 0 bridgehead atoms. The first-order valence-electron chi connectivity index (χ1n) is 7.13. The lowest BCUT2D eigenvalue weighted by molar-refractivity contribution is -0.0729. The third kappa shape index (κ3) is 2.53. The van der Waals surface area contributed by atoms with Gasteiger partial charge in [-0.05, 0) is 24.1 Å². The lowest BCUT2D eigenvalue weighted by Gasteiger charge is -2.49. The van der Waals surface area contributed by atoms with Gasteiger partial charge >= 0.3 is 0 Å². The van der Waals surface area contributed by atoms with Crippen molar-refractivity contribution in [2.24, 2.45) is 5.41 Å². The third-order valence-corrected chi connectivity index (χ3v) is 5.59. The predicted molar refractivity (Wildman–Crippen MR) is 84.8 cm³/mol. The number of hydrogen-bond acceptors (Lipinski definition) is 3. The fourth-order valence-electron chi connectivity index (χ4n) is 2.70. The average molecular weight is 287 g/mol. The molecule has 2 atom stereocenters. The number of thiophene rings is 1. The largest absolute Gasteiger partial charge is 0.392 e. The molecule has 0 spiro atoms. The fourth-order valence-corrected chi connectivity index (χ4v) is 3.67. The van der Waals surface area contributed by atoms with Crippen LogP contribution in [0.3, 0.4) is 0 Å². The molecule has 2 nitrogen and oxygen atoms in total. The van der Waals surface area contributed by atoms with Crippen molar-refractivity contribution in [3.8, 4) is 10.4 Å². The summed E-state index contributed by atoms with van der Waals surface area (Å²) < 4.78 is 0. The van der Waals surface area contributed by atoms with Crippen molar-refractivity contribution in [2.75, 3.05) is 0 Å². The first kappa shape index (κ1) is 13.8. The lowest BCUT2D eigenvalue weighted by Crippen LogP contribution is -2.59. The third-order valence-electron chi connectivity index (χ3n) is 4.46. The Morgan fingerprint density at radius 2 is 1.95 bits per heavy atom. The summed E-state index contributed by atoms with van der Waals surface area (Å²) in [6, 6.07) is 15.3. The van der Waals surface area contributed by atoms with Gasteiger partial charge in [-0.3, -0.25) is 0 Å². The molecule has 3 heteroatoms. The Morgan fingerprint density at radius 3 is 2.60 bits per heavy atom. The van der Waals surface area contributed by atoms with Crippen molar-refractivity contribution in [2.45, 2.75) is 39.0 Å². The van der Waals surface area contributed by atoms with Crippen LogP contribution < -0.4 is 5.32 Å². The summed E-state index contributed by atoms with van der Waals surface area (Å²) in [5.74, 6) is 0. The Labute approximate surface area is 124 Å². The van der Waals surface area contributed by atoms with Crippen LogP contribution in [0.15, 0.2) is 42.5 Å². The molecule has 0 amide bonds. The van der Waals surface area contributed by atoms with Gasteiger partial charge in [0.25, 0.3) is 0 Å². The molecule has 1 aliphatic rings. The van der Waals surface area contributed by atoms with Crippen LogP contribution >= 0.6 is 11.3 Å². The van der Waals surface area contributed by atoms with Gasteiger partial charge in [-0.1, -0.05) is 44.2 Å². The smallest absolute Gasteiger partial charge is 0.0621 e. The van der Waals surface area contributed by atoms with Crippen LogP contribution in [0, 0.1) is 5.41 Å². The van der Waals surface area contributed by atoms with Crippen LogP contribution in [0.2, 0.25) is 0 Å². The zero-order valence-corrected chi connectivity index (χ0v) is 12.8. The van der Waals surface area contributed by atoms with Crippen LogP contribution in [0.4, 0.5) is 0 Å². The quantitative estimate of drug-likeness (QED) is 0.899. The number of nitrogens with one attached hydrogen (secondary N) is 1. The molecule has 1 fully saturated rings. The van der Waals surface area contributed by atoms with Gasteiger partial charge in [0.15, 0.2) is 0 Å². The summed E-state index contributed by atoms with van der Waals surface area (Å²) in [4.78, 5) is 2.66. The van der Waals surface area contributed by atoms with Crippen LogP contribution in [0.1, 0.15) is 25.1 Å². The van der Waals surface area contributed by atoms with Gasteiger partial charge < -0.3 is 10.4 Å². The molecule has 0 radical (unpaired) electrons. The van der Waals surface area contributed by atoms with E-state index in [1.165, 1.54) is 15.3 Å². The molecule has 1 saturated carbocycles. The molecule has 1 heterocycles. The molecule has 20 heavy (non-hydrogen) atoms. The minimum Gasteiger partial charge on any atom is -0.392 e. The maximum atomic E-state index is 9.76. The number of benzene rings is 1. The van der Waals surface area contributed by atoms with Crippen LogP contribution in [0.25, 0.3) is 10.4 Å². The van der Waals surface area contributed by atoms with Gasteiger partial charge in [-0.15, -0.1) is 11.3 Å². The molecule has 1 aromatic carbocycles. The fraction of sp³-hybridized carbons (Fsp3) is 0.412. The molecule has 1 aliphatic carbocycles. The molecule has 0 aliphatic heterocycles. The van der Waals surface area contributed by atoms with E-state index in [0.29, 0.717) is 6.04 Å². The van der Waals surface area contributed by atoms with Crippen molar-refractivity contribution < 1.29 is 5.11 Å². The zero-order chi connectivity index (χ0) is 14.2. The summed E-state index contributed by atoms with van der Waals surface area (Å²) in [7, 11) is 0. The molecule has 0 saturated heterocycles. The number of hydrogen-bond donors (Lipinski definition) is 2. The summed E-state index contributed by atoms with van der Waals surface area (Å²) >= 11 is 1.84. The van der Waals surface area contributed by atoms with E-state index in [2.05, 4.69) is 55.6 Å². The van der Waals surface area contributed by atoms with Crippen LogP contribution in [-0.2, 0) is 6.54 Å². The van der Waals surface area contributed by atoms with Crippen molar-refractivity contribution >= 4 is 11.3 Å². The summed E-state index contributed by atoms with van der Waals surface area (Å²) in [6.45, 7) is 5.14. The lowest BCUT2D eigenvalue weighted by atomic mass is 9.64. The summed E-state index contributed by atoms with van der Waals surface area (Å²) in [6.07, 6.45) is 0.701. The van der Waals surface area contributed by atoms with E-state index < -0.39 is 0 Å². The molecule has 3 rings (SSSR count). The van der Waals surface area contributed by atoms with Crippen LogP contribution in [-0.4, -0.2) is 17.3 Å². The number of aliphatic hydroxyl groups is 1. The van der Waals surface area contributed by atoms with Gasteiger partial charge in [0.05, 0.1) is 6.10 Å². The van der Waals surface area contributed by atoms with E-state index >= 15 is 0 Å². The van der Waals surface area contributed by atoms with Gasteiger partial charge in [0.1, 0.15) is 0 Å². The van der Waals surface area contributed by atoms with E-state index in [1.54, 1.807) is 0 Å². The van der Waals surface area contributed by atoms with Gasteiger partial charge in [-0.25, -0.2) is 0 Å². The molecule has 2 aromatic rings. The molecular formula is C17H21NOS. The second kappa shape index (κ2) is 5.32. The molecule has 2 unspecified atom stereocenters. The highest BCUT2D eigenvalue weighted by Gasteiger charge is 2.46. The minimum atomic E-state index is -0.164. The highest BCUT2D eigenvalue weighted by molar-refractivity contribution is 7.15. The second-order valence-electron chi connectivity index (χ2n) is 6.14. The van der Waals surface area contributed by atoms with Crippen molar-refractivity contribution in [1.82, 2.24) is 5.32 Å². The van der Waals surface area contributed by atoms with E-state index in [1.807, 2.05) is 17.4 Å². The minimum absolute atomic E-state index is 0.000477. The van der Waals surface area contributed by atoms with E-state index in [0.717, 1.165) is 13.0 Å². The topological polar surface area (TPSA) is 32.3 Å². The summed E-state index contributed by atoms with van der Waals surface area (Å²) in [5.41, 5.74) is 1.28. The Bertz CT molecular complexity index is 576. The zero-order valence-electron chi connectivity index (χ0n) is 12.0. The number of aliphatic hydroxyl groups excluding tert-OH is 1. The molecule has 106 valence electrons. The predicted octanol–water partition coefficient (Wildman–Crippen LogP) is 3.66. The summed E-state index contributed by atoms with van der Waals surface area (Å²) in [5, 5.41) is 13.3. The van der Waals surface area contributed by atoms with Gasteiger partial charge in [0, 0.05) is 27.8 Å². The first-order valence-corrected chi connectivity index (χ1v) is 7.94. The first-order chi connectivity index (χ1) is 9.57. The molecule has 2 N–H and O–H groups in total. The Kier molecular flexibility index (Phi) is 3.67. The van der Waals surface area contributed by atoms with Crippen LogP contribution in [0.5, 0.6) is 0 Å². The monoisotopic (exact) mass is 287 g/mol. The van der Waals surface area contributed by atoms with E-state index in [-0.39, 0.29) is 11.5 Å². The van der Waals surface area contributed by atoms with Gasteiger partial charge in [0.2, 0.25) is 0 Å². The maximum Gasteiger partial charge on any atom is 0.0621 e. The Hall–Kier alpha value is -1.16. The maximum absolute atomic E-state index is 9.76. The normalized spacial score (nSPS) is 24.4. The standard InChI is InChI=1S/C17H21NOS/c1-17(2)15(10-16(17)19)18-11-13-8-9-14(20-13)12-6-4-3-5-7-12/h3-9,15-16,18-19H,10-11H2,1-2H3. The Balaban J connectivity index is 1.61. The highest BCUT2D eigenvalue weighted by Crippen LogP contribution is 2.40. The van der Waals surface area contributed by atoms with E-state index in [9.17, 15) is 5.11 Å². The second-order valence-corrected chi connectivity index (χ2v) is 7.31. The SMILES string of the molecule is CC1(C)C(O)CC1NCc1ccc(-c2ccccc2)s1. The van der Waals surface area contributed by atoms with Crippen molar-refractivity contribution in [3.63, 3.8) is 0 Å². The Morgan fingerprint density at radius 1 is 1.20 bits per heavy atom. The van der Waals surface area contributed by atoms with Crippen molar-refractivity contribution in [3.05, 3.63) is 47.3 Å². The van der Waals surface area contributed by atoms with E-state index in [4.69, 9.17) is 0 Å². The molecule has 1 aromatic heterocycles. The highest BCUT2D eigenvalue weighted by atomic mass is 32.1. The average Bonchev–Trinajstić information content (AvgIpc) is 2.93. The van der Waals surface area contributed by atoms with Crippen molar-refractivity contribution in [1.29, 1.82) is 0 Å². The van der Waals surface area contributed by atoms with Gasteiger partial charge in [-0.2, -0.15) is 0 Å². The molecular weight excluding hydrogens is 266 g/mol. The number of rotatable bonds is 4.